The fourth-order valence-corrected chi connectivity index (χ4v) is 2.00. The number of ether oxygens (including phenoxy) is 3. The number of aromatic carboxylic acids is 1. The first-order valence-electron chi connectivity index (χ1n) is 7.36. The Bertz CT molecular complexity index is 625. The van der Waals surface area contributed by atoms with E-state index in [4.69, 9.17) is 14.2 Å². The zero-order valence-corrected chi connectivity index (χ0v) is 13.0. The molecule has 2 rings (SSSR count). The second kappa shape index (κ2) is 8.80. The summed E-state index contributed by atoms with van der Waals surface area (Å²) in [6, 6.07) is 14.4. The van der Waals surface area contributed by atoms with Crippen molar-refractivity contribution in [3.63, 3.8) is 0 Å². The van der Waals surface area contributed by atoms with Gasteiger partial charge in [0.15, 0.2) is 0 Å². The summed E-state index contributed by atoms with van der Waals surface area (Å²) in [6.45, 7) is 1.41. The highest BCUT2D eigenvalue weighted by molar-refractivity contribution is 5.88. The van der Waals surface area contributed by atoms with Crippen molar-refractivity contribution in [2.24, 2.45) is 0 Å². The van der Waals surface area contributed by atoms with Crippen LogP contribution in [0.4, 0.5) is 0 Å². The number of benzene rings is 2. The summed E-state index contributed by atoms with van der Waals surface area (Å²) in [4.78, 5) is 11.2. The number of carboxylic acids is 1. The smallest absolute Gasteiger partial charge is 0.335 e. The quantitative estimate of drug-likeness (QED) is 0.718. The van der Waals surface area contributed by atoms with E-state index in [0.717, 1.165) is 12.0 Å². The molecule has 0 atom stereocenters. The van der Waals surface area contributed by atoms with Gasteiger partial charge in [-0.3, -0.25) is 0 Å². The normalized spacial score (nSPS) is 10.3. The van der Waals surface area contributed by atoms with Gasteiger partial charge in [0, 0.05) is 26.2 Å². The van der Waals surface area contributed by atoms with E-state index >= 15 is 0 Å². The predicted octanol–water partition coefficient (Wildman–Crippen LogP) is 3.38. The van der Waals surface area contributed by atoms with Crippen molar-refractivity contribution in [3.05, 3.63) is 59.7 Å². The summed E-state index contributed by atoms with van der Waals surface area (Å²) in [5.41, 5.74) is 1.15. The average Bonchev–Trinajstić information content (AvgIpc) is 2.58. The molecular formula is C18H20O5. The third kappa shape index (κ3) is 5.64. The van der Waals surface area contributed by atoms with E-state index in [0.29, 0.717) is 31.3 Å². The Hall–Kier alpha value is -2.53. The largest absolute Gasteiger partial charge is 0.493 e. The van der Waals surface area contributed by atoms with Crippen LogP contribution in [0.15, 0.2) is 48.5 Å². The highest BCUT2D eigenvalue weighted by Gasteiger charge is 2.09. The van der Waals surface area contributed by atoms with E-state index in [1.165, 1.54) is 12.1 Å². The van der Waals surface area contributed by atoms with Crippen molar-refractivity contribution in [1.29, 1.82) is 0 Å². The minimum Gasteiger partial charge on any atom is -0.493 e. The summed E-state index contributed by atoms with van der Waals surface area (Å²) < 4.78 is 16.2. The molecule has 5 nitrogen and oxygen atoms in total. The van der Waals surface area contributed by atoms with Gasteiger partial charge in [-0.2, -0.15) is 0 Å². The van der Waals surface area contributed by atoms with Crippen LogP contribution in [0.3, 0.4) is 0 Å². The maximum Gasteiger partial charge on any atom is 0.335 e. The molecule has 23 heavy (non-hydrogen) atoms. The van der Waals surface area contributed by atoms with Gasteiger partial charge in [-0.1, -0.05) is 30.3 Å². The summed E-state index contributed by atoms with van der Waals surface area (Å²) in [7, 11) is 1.63. The molecule has 0 saturated carbocycles. The van der Waals surface area contributed by atoms with Crippen LogP contribution in [0.5, 0.6) is 11.5 Å². The fourth-order valence-electron chi connectivity index (χ4n) is 2.00. The zero-order chi connectivity index (χ0) is 16.5. The molecule has 5 heteroatoms. The Morgan fingerprint density at radius 2 is 1.70 bits per heavy atom. The lowest BCUT2D eigenvalue weighted by molar-refractivity contribution is 0.0695. The zero-order valence-electron chi connectivity index (χ0n) is 13.0. The molecule has 0 heterocycles. The van der Waals surface area contributed by atoms with Gasteiger partial charge in [-0.05, 0) is 17.7 Å². The van der Waals surface area contributed by atoms with Crippen LogP contribution >= 0.6 is 0 Å². The van der Waals surface area contributed by atoms with Crippen LogP contribution in [-0.4, -0.2) is 31.4 Å². The lowest BCUT2D eigenvalue weighted by atomic mass is 10.2. The van der Waals surface area contributed by atoms with Gasteiger partial charge in [0.1, 0.15) is 18.1 Å². The van der Waals surface area contributed by atoms with E-state index in [2.05, 4.69) is 0 Å². The van der Waals surface area contributed by atoms with E-state index in [1.807, 2.05) is 30.3 Å². The second-order valence-electron chi connectivity index (χ2n) is 4.97. The Balaban J connectivity index is 2.05. The SMILES string of the molecule is COCCCOc1cc(OCc2ccccc2)cc(C(=O)O)c1. The number of carbonyl (C=O) groups is 1. The van der Waals surface area contributed by atoms with E-state index < -0.39 is 5.97 Å². The van der Waals surface area contributed by atoms with Gasteiger partial charge in [0.2, 0.25) is 0 Å². The van der Waals surface area contributed by atoms with Crippen molar-refractivity contribution in [1.82, 2.24) is 0 Å². The molecular weight excluding hydrogens is 296 g/mol. The Kier molecular flexibility index (Phi) is 6.44. The predicted molar refractivity (Wildman–Crippen MR) is 86.2 cm³/mol. The topological polar surface area (TPSA) is 65.0 Å². The number of hydrogen-bond acceptors (Lipinski definition) is 4. The van der Waals surface area contributed by atoms with Gasteiger partial charge >= 0.3 is 5.97 Å². The van der Waals surface area contributed by atoms with Gasteiger partial charge in [0.05, 0.1) is 12.2 Å². The summed E-state index contributed by atoms with van der Waals surface area (Å²) >= 11 is 0. The molecule has 1 N–H and O–H groups in total. The lowest BCUT2D eigenvalue weighted by Crippen LogP contribution is -2.04. The number of carboxylic acid groups (broad SMARTS) is 1. The van der Waals surface area contributed by atoms with Crippen LogP contribution in [0.1, 0.15) is 22.3 Å². The molecule has 0 aliphatic heterocycles. The molecule has 0 aliphatic carbocycles. The van der Waals surface area contributed by atoms with Crippen molar-refractivity contribution >= 4 is 5.97 Å². The van der Waals surface area contributed by atoms with Crippen LogP contribution in [0.25, 0.3) is 0 Å². The first-order valence-corrected chi connectivity index (χ1v) is 7.36. The van der Waals surface area contributed by atoms with E-state index in [9.17, 15) is 9.90 Å². The van der Waals surface area contributed by atoms with Gasteiger partial charge in [-0.15, -0.1) is 0 Å². The monoisotopic (exact) mass is 316 g/mol. The first-order chi connectivity index (χ1) is 11.2. The molecule has 2 aromatic carbocycles. The van der Waals surface area contributed by atoms with Crippen LogP contribution in [-0.2, 0) is 11.3 Å². The van der Waals surface area contributed by atoms with Gasteiger partial charge < -0.3 is 19.3 Å². The molecule has 0 amide bonds. The summed E-state index contributed by atoms with van der Waals surface area (Å²) in [6.07, 6.45) is 0.730. The summed E-state index contributed by atoms with van der Waals surface area (Å²) in [5, 5.41) is 9.20. The maximum absolute atomic E-state index is 11.2. The molecule has 0 saturated heterocycles. The van der Waals surface area contributed by atoms with Crippen LogP contribution in [0.2, 0.25) is 0 Å². The Morgan fingerprint density at radius 3 is 2.35 bits per heavy atom. The van der Waals surface area contributed by atoms with Crippen LogP contribution in [0, 0.1) is 0 Å². The molecule has 2 aromatic rings. The van der Waals surface area contributed by atoms with Crippen LogP contribution < -0.4 is 9.47 Å². The number of rotatable bonds is 9. The van der Waals surface area contributed by atoms with E-state index in [-0.39, 0.29) is 5.56 Å². The standard InChI is InChI=1S/C18H20O5/c1-21-8-5-9-22-16-10-15(18(19)20)11-17(12-16)23-13-14-6-3-2-4-7-14/h2-4,6-7,10-12H,5,8-9,13H2,1H3,(H,19,20). The molecule has 0 aromatic heterocycles. The number of methoxy groups -OCH3 is 1. The molecule has 122 valence electrons. The molecule has 0 bridgehead atoms. The summed E-state index contributed by atoms with van der Waals surface area (Å²) in [5.74, 6) is -0.0727. The molecule has 0 spiro atoms. The van der Waals surface area contributed by atoms with Crippen molar-refractivity contribution in [2.45, 2.75) is 13.0 Å². The highest BCUT2D eigenvalue weighted by atomic mass is 16.5. The first kappa shape index (κ1) is 16.8. The third-order valence-corrected chi connectivity index (χ3v) is 3.14. The molecule has 0 aliphatic rings. The molecule has 0 fully saturated rings. The van der Waals surface area contributed by atoms with Crippen molar-refractivity contribution < 1.29 is 24.1 Å². The minimum atomic E-state index is -1.02. The average molecular weight is 316 g/mol. The van der Waals surface area contributed by atoms with Crippen molar-refractivity contribution in [2.75, 3.05) is 20.3 Å². The Morgan fingerprint density at radius 1 is 1.00 bits per heavy atom. The lowest BCUT2D eigenvalue weighted by Gasteiger charge is -2.11. The second-order valence-corrected chi connectivity index (χ2v) is 4.97. The maximum atomic E-state index is 11.2. The fraction of sp³-hybridized carbons (Fsp3) is 0.278. The molecule has 0 radical (unpaired) electrons. The van der Waals surface area contributed by atoms with Gasteiger partial charge in [0.25, 0.3) is 0 Å². The Labute approximate surface area is 135 Å². The van der Waals surface area contributed by atoms with Gasteiger partial charge in [-0.25, -0.2) is 4.79 Å². The minimum absolute atomic E-state index is 0.136. The number of hydrogen-bond donors (Lipinski definition) is 1. The molecule has 0 unspecified atom stereocenters. The highest BCUT2D eigenvalue weighted by Crippen LogP contribution is 2.24. The third-order valence-electron chi connectivity index (χ3n) is 3.14. The van der Waals surface area contributed by atoms with Crippen molar-refractivity contribution in [3.8, 4) is 11.5 Å². The van der Waals surface area contributed by atoms with E-state index in [1.54, 1.807) is 13.2 Å².